The summed E-state index contributed by atoms with van der Waals surface area (Å²) in [5.74, 6) is 2.03. The molecular weight excluding hydrogens is 227 g/mol. The maximum atomic E-state index is 2.87. The van der Waals surface area contributed by atoms with E-state index in [2.05, 4.69) is 9.80 Å². The van der Waals surface area contributed by atoms with Crippen molar-refractivity contribution in [3.8, 4) is 0 Å². The van der Waals surface area contributed by atoms with Gasteiger partial charge in [-0.3, -0.25) is 9.80 Å². The summed E-state index contributed by atoms with van der Waals surface area (Å²) in [4.78, 5) is 5.74. The van der Waals surface area contributed by atoms with Gasteiger partial charge < -0.3 is 7.43 Å². The second kappa shape index (κ2) is 6.52. The Morgan fingerprint density at radius 3 is 1.63 bits per heavy atom. The molecule has 0 unspecified atom stereocenters. The van der Waals surface area contributed by atoms with Gasteiger partial charge in [0.2, 0.25) is 0 Å². The molecule has 2 nitrogen and oxygen atoms in total. The summed E-state index contributed by atoms with van der Waals surface area (Å²) < 4.78 is 0. The van der Waals surface area contributed by atoms with Crippen LogP contribution in [0.4, 0.5) is 0 Å². The molecule has 0 spiro atoms. The van der Waals surface area contributed by atoms with Gasteiger partial charge in [-0.1, -0.05) is 12.8 Å². The first-order valence-electron chi connectivity index (χ1n) is 7.90. The molecule has 104 valence electrons. The standard InChI is InChI=1S/C15H26N2.CH3.Li/c1-3-7-16-11-13-9-12(14(16)5-1)10-17-8-4-2-6-15(13)17;;/h12-15H,1-11H2;1H3;/q;-1;+1/t12-,13-,14-,15+;;/m0../s1. The van der Waals surface area contributed by atoms with E-state index in [-0.39, 0.29) is 26.3 Å². The van der Waals surface area contributed by atoms with Crippen LogP contribution in [0.3, 0.4) is 0 Å². The Labute approximate surface area is 131 Å². The third kappa shape index (κ3) is 2.79. The summed E-state index contributed by atoms with van der Waals surface area (Å²) in [6, 6.07) is 1.92. The molecule has 4 fully saturated rings. The van der Waals surface area contributed by atoms with Gasteiger partial charge in [-0.05, 0) is 57.0 Å². The van der Waals surface area contributed by atoms with Gasteiger partial charge in [-0.25, -0.2) is 0 Å². The summed E-state index contributed by atoms with van der Waals surface area (Å²) in [6.07, 6.45) is 10.5. The van der Waals surface area contributed by atoms with E-state index in [9.17, 15) is 0 Å². The van der Waals surface area contributed by atoms with Gasteiger partial charge in [0.15, 0.2) is 0 Å². The average Bonchev–Trinajstić information content (AvgIpc) is 2.39. The zero-order valence-electron chi connectivity index (χ0n) is 13.0. The number of hydrogen-bond donors (Lipinski definition) is 0. The van der Waals surface area contributed by atoms with Gasteiger partial charge in [0.25, 0.3) is 0 Å². The van der Waals surface area contributed by atoms with Crippen molar-refractivity contribution in [2.24, 2.45) is 11.8 Å². The fraction of sp³-hybridized carbons (Fsp3) is 0.938. The summed E-state index contributed by atoms with van der Waals surface area (Å²) in [6.45, 7) is 5.68. The third-order valence-corrected chi connectivity index (χ3v) is 5.96. The van der Waals surface area contributed by atoms with Crippen molar-refractivity contribution in [3.05, 3.63) is 7.43 Å². The first-order chi connectivity index (χ1) is 8.42. The molecule has 0 saturated carbocycles. The van der Waals surface area contributed by atoms with Gasteiger partial charge in [0, 0.05) is 25.2 Å². The summed E-state index contributed by atoms with van der Waals surface area (Å²) in [7, 11) is 0. The predicted octanol–water partition coefficient (Wildman–Crippen LogP) is -0.201. The van der Waals surface area contributed by atoms with Crippen molar-refractivity contribution >= 4 is 0 Å². The second-order valence-electron chi connectivity index (χ2n) is 6.87. The number of fused-ring (bicyclic) bond motifs is 6. The fourth-order valence-corrected chi connectivity index (χ4v) is 5.25. The van der Waals surface area contributed by atoms with Crippen LogP contribution in [0.1, 0.15) is 44.9 Å². The minimum Gasteiger partial charge on any atom is -0.358 e. The smallest absolute Gasteiger partial charge is 0.358 e. The molecule has 2 bridgehead atoms. The van der Waals surface area contributed by atoms with Crippen molar-refractivity contribution in [1.29, 1.82) is 0 Å². The van der Waals surface area contributed by atoms with Crippen molar-refractivity contribution in [3.63, 3.8) is 0 Å². The minimum absolute atomic E-state index is 0. The topological polar surface area (TPSA) is 6.48 Å². The van der Waals surface area contributed by atoms with Crippen LogP contribution in [0.25, 0.3) is 0 Å². The van der Waals surface area contributed by atoms with Crippen LogP contribution in [0.15, 0.2) is 0 Å². The Hall–Kier alpha value is 0.517. The second-order valence-corrected chi connectivity index (χ2v) is 6.87. The Bertz CT molecular complexity index is 268. The molecule has 0 aromatic heterocycles. The first-order valence-corrected chi connectivity index (χ1v) is 7.90. The Balaban J connectivity index is 0.000000667. The summed E-state index contributed by atoms with van der Waals surface area (Å²) in [5.41, 5.74) is 0. The Morgan fingerprint density at radius 2 is 1.16 bits per heavy atom. The Kier molecular flexibility index (Phi) is 5.46. The van der Waals surface area contributed by atoms with Crippen molar-refractivity contribution in [2.75, 3.05) is 26.2 Å². The summed E-state index contributed by atoms with van der Waals surface area (Å²) in [5, 5.41) is 0. The molecule has 19 heavy (non-hydrogen) atoms. The normalized spacial score (nSPS) is 42.3. The van der Waals surface area contributed by atoms with Crippen LogP contribution in [0, 0.1) is 19.3 Å². The largest absolute Gasteiger partial charge is 1.00 e. The maximum Gasteiger partial charge on any atom is 1.00 e. The third-order valence-electron chi connectivity index (χ3n) is 5.96. The molecule has 0 aromatic carbocycles. The van der Waals surface area contributed by atoms with Crippen molar-refractivity contribution in [2.45, 2.75) is 57.0 Å². The van der Waals surface area contributed by atoms with E-state index in [1.54, 1.807) is 6.42 Å². The zero-order valence-corrected chi connectivity index (χ0v) is 13.0. The van der Waals surface area contributed by atoms with Gasteiger partial charge in [-0.15, -0.1) is 0 Å². The number of rotatable bonds is 0. The maximum absolute atomic E-state index is 2.87. The number of nitrogens with zero attached hydrogens (tertiary/aromatic N) is 2. The van der Waals surface area contributed by atoms with Gasteiger partial charge in [0.05, 0.1) is 0 Å². The van der Waals surface area contributed by atoms with Crippen LogP contribution in [-0.4, -0.2) is 48.1 Å². The van der Waals surface area contributed by atoms with Gasteiger partial charge >= 0.3 is 18.9 Å². The number of hydrogen-bond acceptors (Lipinski definition) is 2. The Morgan fingerprint density at radius 1 is 0.684 bits per heavy atom. The first kappa shape index (κ1) is 15.9. The van der Waals surface area contributed by atoms with Crippen LogP contribution in [0.2, 0.25) is 0 Å². The molecule has 4 saturated heterocycles. The molecule has 0 radical (unpaired) electrons. The van der Waals surface area contributed by atoms with Gasteiger partial charge in [-0.2, -0.15) is 0 Å². The summed E-state index contributed by atoms with van der Waals surface area (Å²) >= 11 is 0. The molecule has 4 aliphatic heterocycles. The molecular formula is C16H29LiN2. The van der Waals surface area contributed by atoms with E-state index < -0.39 is 0 Å². The van der Waals surface area contributed by atoms with Crippen molar-refractivity contribution in [1.82, 2.24) is 9.80 Å². The van der Waals surface area contributed by atoms with Crippen LogP contribution < -0.4 is 18.9 Å². The van der Waals surface area contributed by atoms with Crippen LogP contribution >= 0.6 is 0 Å². The quantitative estimate of drug-likeness (QED) is 0.437. The van der Waals surface area contributed by atoms with Crippen molar-refractivity contribution < 1.29 is 18.9 Å². The molecule has 4 atom stereocenters. The average molecular weight is 256 g/mol. The van der Waals surface area contributed by atoms with Crippen LogP contribution in [0.5, 0.6) is 0 Å². The zero-order chi connectivity index (χ0) is 11.2. The van der Waals surface area contributed by atoms with Gasteiger partial charge in [0.1, 0.15) is 0 Å². The molecule has 0 amide bonds. The van der Waals surface area contributed by atoms with E-state index in [1.807, 2.05) is 0 Å². The SMILES string of the molecule is C1CCN2C[C@@H]3C[C@@H](CN4CCCC[C@@H]34)[C@H]2C1.[CH3-].[Li+]. The molecule has 0 aromatic rings. The fourth-order valence-electron chi connectivity index (χ4n) is 5.25. The molecule has 4 heterocycles. The van der Waals surface area contributed by atoms with E-state index in [4.69, 9.17) is 0 Å². The predicted molar refractivity (Wildman–Crippen MR) is 76.4 cm³/mol. The van der Waals surface area contributed by atoms with E-state index in [0.29, 0.717) is 0 Å². The van der Waals surface area contributed by atoms with E-state index >= 15 is 0 Å². The van der Waals surface area contributed by atoms with Crippen LogP contribution in [-0.2, 0) is 0 Å². The molecule has 4 rings (SSSR count). The molecule has 4 aliphatic rings. The molecule has 0 N–H and O–H groups in total. The molecule has 0 aliphatic carbocycles. The monoisotopic (exact) mass is 256 g/mol. The van der Waals surface area contributed by atoms with E-state index in [0.717, 1.165) is 23.9 Å². The number of piperidine rings is 4. The van der Waals surface area contributed by atoms with E-state index in [1.165, 1.54) is 64.7 Å². The minimum atomic E-state index is 0. The molecule has 3 heteroatoms.